The molecule has 62 valence electrons. The van der Waals surface area contributed by atoms with Crippen LogP contribution >= 0.6 is 0 Å². The summed E-state index contributed by atoms with van der Waals surface area (Å²) in [7, 11) is 0.993. The van der Waals surface area contributed by atoms with Gasteiger partial charge < -0.3 is 5.11 Å². The normalized spacial score (nSPS) is 9.42. The third kappa shape index (κ3) is 2.42. The molecule has 0 aliphatic heterocycles. The van der Waals surface area contributed by atoms with Crippen LogP contribution in [0.3, 0.4) is 0 Å². The molecular weight excluding hydrogens is 151 g/mol. The average Bonchev–Trinajstić information content (AvgIpc) is 2.05. The summed E-state index contributed by atoms with van der Waals surface area (Å²) in [5.41, 5.74) is 2.10. The van der Waals surface area contributed by atoms with Crippen molar-refractivity contribution in [3.63, 3.8) is 0 Å². The summed E-state index contributed by atoms with van der Waals surface area (Å²) in [4.78, 5) is 10.3. The van der Waals surface area contributed by atoms with Crippen LogP contribution in [-0.2, 0) is 11.2 Å². The van der Waals surface area contributed by atoms with E-state index in [1.165, 1.54) is 5.46 Å². The zero-order chi connectivity index (χ0) is 8.97. The van der Waals surface area contributed by atoms with Crippen molar-refractivity contribution in [1.29, 1.82) is 0 Å². The molecule has 2 nitrogen and oxygen atoms in total. The van der Waals surface area contributed by atoms with E-state index in [0.29, 0.717) is 0 Å². The van der Waals surface area contributed by atoms with E-state index in [4.69, 9.17) is 5.11 Å². The van der Waals surface area contributed by atoms with Gasteiger partial charge in [0, 0.05) is 0 Å². The monoisotopic (exact) mass is 162 g/mol. The van der Waals surface area contributed by atoms with Gasteiger partial charge in [-0.05, 0) is 5.56 Å². The molecule has 1 rings (SSSR count). The quantitative estimate of drug-likeness (QED) is 0.654. The molecule has 1 N–H and O–H groups in total. The van der Waals surface area contributed by atoms with E-state index in [0.717, 1.165) is 12.8 Å². The Hall–Kier alpha value is -1.25. The number of carbonyl (C=O) groups is 1. The van der Waals surface area contributed by atoms with E-state index >= 15 is 0 Å². The standard InChI is InChI=1S/C9H11BO2/c1-10-8-4-2-7(3-5-8)6-9(11)12/h2-5,10H,6H2,1H3,(H,11,12). The van der Waals surface area contributed by atoms with Gasteiger partial charge >= 0.3 is 5.97 Å². The molecule has 0 aliphatic carbocycles. The lowest BCUT2D eigenvalue weighted by Crippen LogP contribution is -2.10. The van der Waals surface area contributed by atoms with Gasteiger partial charge in [-0.15, -0.1) is 0 Å². The van der Waals surface area contributed by atoms with Crippen molar-refractivity contribution in [3.05, 3.63) is 29.8 Å². The third-order valence-corrected chi connectivity index (χ3v) is 1.79. The van der Waals surface area contributed by atoms with E-state index in [9.17, 15) is 4.79 Å². The van der Waals surface area contributed by atoms with Gasteiger partial charge in [0.05, 0.1) is 6.42 Å². The number of benzene rings is 1. The van der Waals surface area contributed by atoms with Crippen LogP contribution in [0.1, 0.15) is 5.56 Å². The van der Waals surface area contributed by atoms with Crippen LogP contribution in [-0.4, -0.2) is 18.4 Å². The second-order valence-electron chi connectivity index (χ2n) is 2.74. The minimum Gasteiger partial charge on any atom is -0.481 e. The Morgan fingerprint density at radius 2 is 2.00 bits per heavy atom. The van der Waals surface area contributed by atoms with E-state index in [1.54, 1.807) is 0 Å². The minimum atomic E-state index is -0.778. The summed E-state index contributed by atoms with van der Waals surface area (Å²) < 4.78 is 0. The maximum Gasteiger partial charge on any atom is 0.307 e. The molecule has 0 atom stereocenters. The fraction of sp³-hybridized carbons (Fsp3) is 0.222. The Morgan fingerprint density at radius 1 is 1.42 bits per heavy atom. The Kier molecular flexibility index (Phi) is 2.91. The summed E-state index contributed by atoms with van der Waals surface area (Å²) >= 11 is 0. The van der Waals surface area contributed by atoms with E-state index in [-0.39, 0.29) is 6.42 Å². The number of carboxylic acids is 1. The van der Waals surface area contributed by atoms with Crippen LogP contribution in [0.25, 0.3) is 0 Å². The number of hydrogen-bond acceptors (Lipinski definition) is 1. The molecule has 1 aromatic carbocycles. The molecule has 12 heavy (non-hydrogen) atoms. The highest BCUT2D eigenvalue weighted by molar-refractivity contribution is 6.51. The average molecular weight is 162 g/mol. The number of carboxylic acid groups (broad SMARTS) is 1. The van der Waals surface area contributed by atoms with Crippen molar-refractivity contribution in [1.82, 2.24) is 0 Å². The Labute approximate surface area is 72.5 Å². The molecule has 0 heterocycles. The van der Waals surface area contributed by atoms with Gasteiger partial charge in [0.15, 0.2) is 7.28 Å². The van der Waals surface area contributed by atoms with E-state index in [2.05, 4.69) is 6.82 Å². The molecule has 0 spiro atoms. The number of aliphatic carboxylic acids is 1. The first kappa shape index (κ1) is 8.85. The predicted molar refractivity (Wildman–Crippen MR) is 50.4 cm³/mol. The van der Waals surface area contributed by atoms with Gasteiger partial charge in [0.25, 0.3) is 0 Å². The van der Waals surface area contributed by atoms with Crippen LogP contribution in [0.5, 0.6) is 0 Å². The summed E-state index contributed by atoms with van der Waals surface area (Å²) in [5, 5.41) is 8.49. The molecule has 0 amide bonds. The summed E-state index contributed by atoms with van der Waals surface area (Å²) in [6, 6.07) is 7.68. The van der Waals surface area contributed by atoms with Crippen molar-refractivity contribution in [2.24, 2.45) is 0 Å². The topological polar surface area (TPSA) is 37.3 Å². The Balaban J connectivity index is 2.71. The van der Waals surface area contributed by atoms with E-state index < -0.39 is 5.97 Å². The Morgan fingerprint density at radius 3 is 2.42 bits per heavy atom. The van der Waals surface area contributed by atoms with Crippen molar-refractivity contribution >= 4 is 18.7 Å². The fourth-order valence-electron chi connectivity index (χ4n) is 1.07. The molecule has 0 radical (unpaired) electrons. The minimum absolute atomic E-state index is 0.115. The molecule has 0 aromatic heterocycles. The molecule has 0 unspecified atom stereocenters. The zero-order valence-corrected chi connectivity index (χ0v) is 7.08. The number of hydrogen-bond donors (Lipinski definition) is 1. The molecular formula is C9H11BO2. The first-order chi connectivity index (χ1) is 5.72. The summed E-state index contributed by atoms with van der Waals surface area (Å²) in [5.74, 6) is -0.778. The van der Waals surface area contributed by atoms with Crippen LogP contribution in [0.4, 0.5) is 0 Å². The third-order valence-electron chi connectivity index (χ3n) is 1.79. The highest BCUT2D eigenvalue weighted by Crippen LogP contribution is 1.97. The SMILES string of the molecule is CBc1ccc(CC(=O)O)cc1. The molecule has 1 aromatic rings. The van der Waals surface area contributed by atoms with Gasteiger partial charge in [-0.25, -0.2) is 0 Å². The lowest BCUT2D eigenvalue weighted by atomic mass is 9.73. The lowest BCUT2D eigenvalue weighted by Gasteiger charge is -1.98. The van der Waals surface area contributed by atoms with Gasteiger partial charge in [-0.1, -0.05) is 36.6 Å². The van der Waals surface area contributed by atoms with Crippen LogP contribution < -0.4 is 5.46 Å². The molecule has 3 heteroatoms. The second kappa shape index (κ2) is 3.95. The Bertz CT molecular complexity index is 266. The van der Waals surface area contributed by atoms with Crippen molar-refractivity contribution in [2.45, 2.75) is 13.2 Å². The van der Waals surface area contributed by atoms with Crippen LogP contribution in [0.2, 0.25) is 6.82 Å². The lowest BCUT2D eigenvalue weighted by molar-refractivity contribution is -0.136. The van der Waals surface area contributed by atoms with Gasteiger partial charge in [0.2, 0.25) is 0 Å². The van der Waals surface area contributed by atoms with Crippen LogP contribution in [0, 0.1) is 0 Å². The van der Waals surface area contributed by atoms with Crippen molar-refractivity contribution in [3.8, 4) is 0 Å². The second-order valence-corrected chi connectivity index (χ2v) is 2.74. The summed E-state index contributed by atoms with van der Waals surface area (Å²) in [6.45, 7) is 2.08. The summed E-state index contributed by atoms with van der Waals surface area (Å²) in [6.07, 6.45) is 0.115. The van der Waals surface area contributed by atoms with Crippen molar-refractivity contribution in [2.75, 3.05) is 0 Å². The maximum absolute atomic E-state index is 10.3. The molecule has 0 aliphatic rings. The maximum atomic E-state index is 10.3. The van der Waals surface area contributed by atoms with Gasteiger partial charge in [0.1, 0.15) is 0 Å². The predicted octanol–water partition coefficient (Wildman–Crippen LogP) is 0.424. The first-order valence-corrected chi connectivity index (χ1v) is 4.02. The largest absolute Gasteiger partial charge is 0.481 e. The van der Waals surface area contributed by atoms with E-state index in [1.807, 2.05) is 24.3 Å². The zero-order valence-electron chi connectivity index (χ0n) is 7.08. The van der Waals surface area contributed by atoms with Crippen LogP contribution in [0.15, 0.2) is 24.3 Å². The first-order valence-electron chi connectivity index (χ1n) is 4.02. The molecule has 0 saturated heterocycles. The van der Waals surface area contributed by atoms with Crippen molar-refractivity contribution < 1.29 is 9.90 Å². The van der Waals surface area contributed by atoms with Gasteiger partial charge in [-0.3, -0.25) is 4.79 Å². The highest BCUT2D eigenvalue weighted by Gasteiger charge is 1.98. The smallest absolute Gasteiger partial charge is 0.307 e. The highest BCUT2D eigenvalue weighted by atomic mass is 16.4. The molecule has 0 bridgehead atoms. The molecule has 0 saturated carbocycles. The molecule has 0 fully saturated rings. The number of rotatable bonds is 3. The van der Waals surface area contributed by atoms with Gasteiger partial charge in [-0.2, -0.15) is 0 Å². The fourth-order valence-corrected chi connectivity index (χ4v) is 1.07.